The second-order valence-electron chi connectivity index (χ2n) is 8.20. The van der Waals surface area contributed by atoms with Crippen LogP contribution in [-0.4, -0.2) is 36.0 Å². The molecule has 2 aromatic carbocycles. The Hall–Kier alpha value is -2.57. The fraction of sp³-hybridized carbons (Fsp3) is 0.458. The predicted molar refractivity (Wildman–Crippen MR) is 113 cm³/mol. The zero-order valence-electron chi connectivity index (χ0n) is 17.6. The van der Waals surface area contributed by atoms with Crippen LogP contribution in [0.25, 0.3) is 0 Å². The summed E-state index contributed by atoms with van der Waals surface area (Å²) in [4.78, 5) is 10.6. The first-order valence-electron chi connectivity index (χ1n) is 10.4. The summed E-state index contributed by atoms with van der Waals surface area (Å²) in [6, 6.07) is 14.6. The lowest BCUT2D eigenvalue weighted by molar-refractivity contribution is -0.146. The molecular formula is C24H30O6. The van der Waals surface area contributed by atoms with E-state index >= 15 is 0 Å². The molecule has 0 bridgehead atoms. The van der Waals surface area contributed by atoms with Gasteiger partial charge in [-0.3, -0.25) is 0 Å². The molecule has 0 spiro atoms. The summed E-state index contributed by atoms with van der Waals surface area (Å²) >= 11 is 0. The minimum atomic E-state index is -0.944. The van der Waals surface area contributed by atoms with E-state index in [0.29, 0.717) is 24.7 Å². The third-order valence-electron chi connectivity index (χ3n) is 6.08. The van der Waals surface area contributed by atoms with E-state index in [0.717, 1.165) is 31.2 Å². The molecule has 30 heavy (non-hydrogen) atoms. The molecule has 0 amide bonds. The van der Waals surface area contributed by atoms with Crippen LogP contribution in [0, 0.1) is 5.41 Å². The highest BCUT2D eigenvalue weighted by molar-refractivity contribution is 5.67. The van der Waals surface area contributed by atoms with E-state index in [-0.39, 0.29) is 17.8 Å². The number of aromatic hydroxyl groups is 1. The van der Waals surface area contributed by atoms with Crippen molar-refractivity contribution in [3.8, 4) is 17.2 Å². The molecule has 1 aliphatic rings. The molecule has 1 saturated heterocycles. The van der Waals surface area contributed by atoms with Crippen molar-refractivity contribution >= 4 is 5.97 Å². The summed E-state index contributed by atoms with van der Waals surface area (Å²) in [5.74, 6) is 0.487. The highest BCUT2D eigenvalue weighted by Gasteiger charge is 2.41. The zero-order valence-corrected chi connectivity index (χ0v) is 17.6. The number of phenols is 1. The monoisotopic (exact) mass is 414 g/mol. The minimum Gasteiger partial charge on any atom is -0.508 e. The number of ether oxygens (including phenoxy) is 3. The first kappa shape index (κ1) is 22.1. The zero-order chi connectivity index (χ0) is 21.6. The van der Waals surface area contributed by atoms with Crippen LogP contribution in [0.5, 0.6) is 17.2 Å². The summed E-state index contributed by atoms with van der Waals surface area (Å²) in [5, 5.41) is 18.4. The summed E-state index contributed by atoms with van der Waals surface area (Å²) in [6.45, 7) is 5.01. The molecule has 0 aliphatic carbocycles. The molecule has 1 heterocycles. The van der Waals surface area contributed by atoms with Gasteiger partial charge in [0, 0.05) is 12.7 Å². The maximum atomic E-state index is 10.6. The van der Waals surface area contributed by atoms with Gasteiger partial charge in [0.05, 0.1) is 12.2 Å². The minimum absolute atomic E-state index is 0.00763. The van der Waals surface area contributed by atoms with Crippen molar-refractivity contribution in [3.05, 3.63) is 54.1 Å². The van der Waals surface area contributed by atoms with Gasteiger partial charge in [0.1, 0.15) is 23.9 Å². The van der Waals surface area contributed by atoms with Crippen LogP contribution >= 0.6 is 0 Å². The van der Waals surface area contributed by atoms with E-state index in [2.05, 4.69) is 13.8 Å². The van der Waals surface area contributed by atoms with Gasteiger partial charge in [-0.2, -0.15) is 0 Å². The summed E-state index contributed by atoms with van der Waals surface area (Å²) < 4.78 is 17.5. The summed E-state index contributed by atoms with van der Waals surface area (Å²) in [6.07, 6.45) is 3.58. The molecule has 2 N–H and O–H groups in total. The lowest BCUT2D eigenvalue weighted by Gasteiger charge is -2.45. The number of carboxylic acid groups (broad SMARTS) is 1. The molecule has 1 fully saturated rings. The molecule has 6 nitrogen and oxygen atoms in total. The van der Waals surface area contributed by atoms with E-state index in [4.69, 9.17) is 19.3 Å². The number of phenolic OH excluding ortho intramolecular Hbond substituents is 1. The average molecular weight is 414 g/mol. The van der Waals surface area contributed by atoms with E-state index in [1.165, 1.54) is 0 Å². The lowest BCUT2D eigenvalue weighted by atomic mass is 9.72. The van der Waals surface area contributed by atoms with Gasteiger partial charge in [0.25, 0.3) is 0 Å². The van der Waals surface area contributed by atoms with E-state index in [1.54, 1.807) is 24.3 Å². The van der Waals surface area contributed by atoms with Gasteiger partial charge in [-0.15, -0.1) is 0 Å². The molecule has 6 heteroatoms. The quantitative estimate of drug-likeness (QED) is 0.556. The second-order valence-corrected chi connectivity index (χ2v) is 8.20. The number of rotatable bonds is 9. The summed E-state index contributed by atoms with van der Waals surface area (Å²) in [7, 11) is 0. The Morgan fingerprint density at radius 3 is 2.50 bits per heavy atom. The van der Waals surface area contributed by atoms with Crippen molar-refractivity contribution in [1.29, 1.82) is 0 Å². The van der Waals surface area contributed by atoms with Crippen LogP contribution in [0.15, 0.2) is 48.5 Å². The Labute approximate surface area is 177 Å². The van der Waals surface area contributed by atoms with Gasteiger partial charge in [-0.1, -0.05) is 25.1 Å². The average Bonchev–Trinajstić information content (AvgIpc) is 2.73. The number of hydrogen-bond acceptors (Lipinski definition) is 5. The van der Waals surface area contributed by atoms with Gasteiger partial charge < -0.3 is 24.4 Å². The number of carbonyl (C=O) groups is 1. The van der Waals surface area contributed by atoms with Crippen molar-refractivity contribution < 1.29 is 29.2 Å². The third kappa shape index (κ3) is 5.52. The van der Waals surface area contributed by atoms with Gasteiger partial charge in [0.15, 0.2) is 0 Å². The second kappa shape index (κ2) is 9.49. The van der Waals surface area contributed by atoms with E-state index in [9.17, 15) is 9.90 Å². The van der Waals surface area contributed by atoms with Crippen LogP contribution in [0.3, 0.4) is 0 Å². The lowest BCUT2D eigenvalue weighted by Crippen LogP contribution is -2.41. The van der Waals surface area contributed by atoms with Crippen molar-refractivity contribution in [1.82, 2.24) is 0 Å². The maximum Gasteiger partial charge on any atom is 0.329 e. The van der Waals surface area contributed by atoms with E-state index in [1.807, 2.05) is 24.3 Å². The fourth-order valence-corrected chi connectivity index (χ4v) is 3.86. The standard InChI is InChI=1S/C24H30O6/c1-3-24(12-13-28-16-22(26)27)11-10-23(2,29-17-24)18-6-4-8-20(14-18)30-21-9-5-7-19(25)15-21/h4-9,14-15,25H,3,10-13,16-17H2,1-2H3,(H,26,27). The number of carboxylic acids is 1. The van der Waals surface area contributed by atoms with Gasteiger partial charge >= 0.3 is 5.97 Å². The molecule has 162 valence electrons. The number of hydrogen-bond donors (Lipinski definition) is 2. The smallest absolute Gasteiger partial charge is 0.329 e. The van der Waals surface area contributed by atoms with Crippen molar-refractivity contribution in [3.63, 3.8) is 0 Å². The van der Waals surface area contributed by atoms with Crippen LogP contribution in [-0.2, 0) is 19.9 Å². The van der Waals surface area contributed by atoms with Gasteiger partial charge in [-0.05, 0) is 67.9 Å². The molecule has 2 unspecified atom stereocenters. The normalized spacial score (nSPS) is 23.8. The molecule has 0 radical (unpaired) electrons. The SMILES string of the molecule is CCC1(CCOCC(=O)O)CCC(C)(c2cccc(Oc3cccc(O)c3)c2)OC1. The largest absolute Gasteiger partial charge is 0.508 e. The highest BCUT2D eigenvalue weighted by Crippen LogP contribution is 2.46. The topological polar surface area (TPSA) is 85.2 Å². The predicted octanol–water partition coefficient (Wildman–Crippen LogP) is 5.10. The molecule has 1 aliphatic heterocycles. The van der Waals surface area contributed by atoms with Crippen molar-refractivity contribution in [2.24, 2.45) is 5.41 Å². The van der Waals surface area contributed by atoms with Gasteiger partial charge in [-0.25, -0.2) is 4.79 Å². The molecule has 2 atom stereocenters. The van der Waals surface area contributed by atoms with Gasteiger partial charge in [0.2, 0.25) is 0 Å². The Balaban J connectivity index is 1.64. The molecule has 3 rings (SSSR count). The Kier molecular flexibility index (Phi) is 7.00. The van der Waals surface area contributed by atoms with Crippen LogP contribution in [0.4, 0.5) is 0 Å². The third-order valence-corrected chi connectivity index (χ3v) is 6.08. The Bertz CT molecular complexity index is 854. The molecule has 0 aromatic heterocycles. The van der Waals surface area contributed by atoms with E-state index < -0.39 is 11.6 Å². The first-order chi connectivity index (χ1) is 14.3. The van der Waals surface area contributed by atoms with Crippen molar-refractivity contribution in [2.45, 2.75) is 45.1 Å². The first-order valence-corrected chi connectivity index (χ1v) is 10.4. The molecule has 2 aromatic rings. The molecule has 0 saturated carbocycles. The summed E-state index contributed by atoms with van der Waals surface area (Å²) in [5.41, 5.74) is 0.638. The Morgan fingerprint density at radius 2 is 1.87 bits per heavy atom. The van der Waals surface area contributed by atoms with Crippen LogP contribution in [0.1, 0.15) is 45.1 Å². The van der Waals surface area contributed by atoms with Crippen LogP contribution in [0.2, 0.25) is 0 Å². The van der Waals surface area contributed by atoms with Crippen LogP contribution < -0.4 is 4.74 Å². The Morgan fingerprint density at radius 1 is 1.13 bits per heavy atom. The van der Waals surface area contributed by atoms with Crippen molar-refractivity contribution in [2.75, 3.05) is 19.8 Å². The number of benzene rings is 2. The number of aliphatic carboxylic acids is 1. The fourth-order valence-electron chi connectivity index (χ4n) is 3.86. The maximum absolute atomic E-state index is 10.6. The highest BCUT2D eigenvalue weighted by atomic mass is 16.5. The molecular weight excluding hydrogens is 384 g/mol.